The number of aromatic amines is 1. The van der Waals surface area contributed by atoms with Gasteiger partial charge in [-0.3, -0.25) is 5.10 Å². The highest BCUT2D eigenvalue weighted by atomic mass is 35.5. The number of hydrogen-bond acceptors (Lipinski definition) is 2. The highest BCUT2D eigenvalue weighted by Crippen LogP contribution is 2.32. The second-order valence-corrected chi connectivity index (χ2v) is 4.79. The molecule has 2 aromatic rings. The summed E-state index contributed by atoms with van der Waals surface area (Å²) in [7, 11) is 0. The van der Waals surface area contributed by atoms with Crippen molar-refractivity contribution in [2.24, 2.45) is 0 Å². The molecule has 1 aliphatic rings. The van der Waals surface area contributed by atoms with Gasteiger partial charge in [0.15, 0.2) is 0 Å². The number of fused-ring (bicyclic) bond motifs is 1. The van der Waals surface area contributed by atoms with Gasteiger partial charge in [-0.25, -0.2) is 0 Å². The van der Waals surface area contributed by atoms with Gasteiger partial charge in [-0.2, -0.15) is 5.10 Å². The minimum atomic E-state index is 0.611. The number of H-pyrrole nitrogens is 1. The number of aromatic nitrogens is 2. The maximum Gasteiger partial charge on any atom is 0.0668 e. The number of halogens is 1. The zero-order chi connectivity index (χ0) is 11.0. The van der Waals surface area contributed by atoms with Crippen LogP contribution in [-0.4, -0.2) is 23.3 Å². The average Bonchev–Trinajstić information content (AvgIpc) is 2.77. The molecule has 1 aliphatic heterocycles. The number of hydrogen-bond donors (Lipinski definition) is 2. The number of benzene rings is 1. The first-order valence-electron chi connectivity index (χ1n) is 5.68. The molecule has 1 aromatic heterocycles. The van der Waals surface area contributed by atoms with Crippen LogP contribution >= 0.6 is 11.6 Å². The van der Waals surface area contributed by atoms with Crippen LogP contribution in [0, 0.1) is 0 Å². The molecule has 4 heteroatoms. The Kier molecular flexibility index (Phi) is 2.58. The van der Waals surface area contributed by atoms with Crippen LogP contribution in [0.1, 0.15) is 24.3 Å². The van der Waals surface area contributed by atoms with Crippen LogP contribution in [0.2, 0.25) is 5.02 Å². The number of nitrogens with one attached hydrogen (secondary N) is 2. The Morgan fingerprint density at radius 2 is 2.06 bits per heavy atom. The zero-order valence-corrected chi connectivity index (χ0v) is 9.72. The van der Waals surface area contributed by atoms with E-state index in [1.165, 1.54) is 23.8 Å². The Hall–Kier alpha value is -1.06. The van der Waals surface area contributed by atoms with Gasteiger partial charge in [-0.1, -0.05) is 11.6 Å². The predicted octanol–water partition coefficient (Wildman–Crippen LogP) is 2.68. The second kappa shape index (κ2) is 4.07. The van der Waals surface area contributed by atoms with Crippen molar-refractivity contribution in [2.45, 2.75) is 18.8 Å². The van der Waals surface area contributed by atoms with Gasteiger partial charge in [0.2, 0.25) is 0 Å². The quantitative estimate of drug-likeness (QED) is 0.798. The van der Waals surface area contributed by atoms with E-state index in [1.807, 2.05) is 12.3 Å². The van der Waals surface area contributed by atoms with Crippen LogP contribution in [-0.2, 0) is 0 Å². The molecule has 0 unspecified atom stereocenters. The van der Waals surface area contributed by atoms with Crippen LogP contribution in [0.15, 0.2) is 18.3 Å². The number of nitrogens with zero attached hydrogens (tertiary/aromatic N) is 1. The normalized spacial score (nSPS) is 18.1. The molecule has 1 fully saturated rings. The van der Waals surface area contributed by atoms with Crippen molar-refractivity contribution in [1.29, 1.82) is 0 Å². The van der Waals surface area contributed by atoms with Crippen molar-refractivity contribution < 1.29 is 0 Å². The molecule has 0 atom stereocenters. The van der Waals surface area contributed by atoms with Gasteiger partial charge in [0.25, 0.3) is 0 Å². The molecular formula is C12H14ClN3. The average molecular weight is 236 g/mol. The van der Waals surface area contributed by atoms with Gasteiger partial charge in [-0.05, 0) is 49.5 Å². The molecule has 2 N–H and O–H groups in total. The summed E-state index contributed by atoms with van der Waals surface area (Å²) in [6.07, 6.45) is 4.27. The van der Waals surface area contributed by atoms with E-state index in [9.17, 15) is 0 Å². The van der Waals surface area contributed by atoms with Crippen molar-refractivity contribution >= 4 is 22.5 Å². The van der Waals surface area contributed by atoms with Crippen molar-refractivity contribution in [3.8, 4) is 0 Å². The third-order valence-electron chi connectivity index (χ3n) is 3.33. The molecule has 0 spiro atoms. The molecule has 3 nitrogen and oxygen atoms in total. The molecule has 1 aromatic carbocycles. The smallest absolute Gasteiger partial charge is 0.0668 e. The minimum Gasteiger partial charge on any atom is -0.317 e. The van der Waals surface area contributed by atoms with E-state index in [4.69, 9.17) is 11.6 Å². The van der Waals surface area contributed by atoms with Crippen molar-refractivity contribution in [1.82, 2.24) is 15.5 Å². The van der Waals surface area contributed by atoms with E-state index in [0.29, 0.717) is 5.92 Å². The Labute approximate surface area is 99.2 Å². The molecule has 0 bridgehead atoms. The van der Waals surface area contributed by atoms with Gasteiger partial charge in [0.05, 0.1) is 11.7 Å². The van der Waals surface area contributed by atoms with Gasteiger partial charge in [-0.15, -0.1) is 0 Å². The molecule has 0 aliphatic carbocycles. The van der Waals surface area contributed by atoms with Crippen molar-refractivity contribution in [3.63, 3.8) is 0 Å². The first-order valence-corrected chi connectivity index (χ1v) is 6.05. The summed E-state index contributed by atoms with van der Waals surface area (Å²) >= 11 is 6.14. The number of rotatable bonds is 1. The SMILES string of the molecule is Clc1cc(C2CCNCC2)c2cn[nH]c2c1. The molecule has 3 rings (SSSR count). The highest BCUT2D eigenvalue weighted by Gasteiger charge is 2.18. The Morgan fingerprint density at radius 1 is 1.25 bits per heavy atom. The molecule has 0 amide bonds. The van der Waals surface area contributed by atoms with E-state index in [2.05, 4.69) is 21.6 Å². The van der Waals surface area contributed by atoms with E-state index < -0.39 is 0 Å². The van der Waals surface area contributed by atoms with Crippen molar-refractivity contribution in [3.05, 3.63) is 28.9 Å². The fraction of sp³-hybridized carbons (Fsp3) is 0.417. The summed E-state index contributed by atoms with van der Waals surface area (Å²) in [6, 6.07) is 4.03. The standard InChI is InChI=1S/C12H14ClN3/c13-9-5-10(8-1-3-14-4-2-8)11-7-15-16-12(11)6-9/h5-8,14H,1-4H2,(H,15,16). The highest BCUT2D eigenvalue weighted by molar-refractivity contribution is 6.31. The minimum absolute atomic E-state index is 0.611. The molecule has 16 heavy (non-hydrogen) atoms. The summed E-state index contributed by atoms with van der Waals surface area (Å²) in [5, 5.41) is 12.5. The first kappa shape index (κ1) is 10.1. The van der Waals surface area contributed by atoms with Crippen LogP contribution in [0.25, 0.3) is 10.9 Å². The third-order valence-corrected chi connectivity index (χ3v) is 3.55. The van der Waals surface area contributed by atoms with E-state index >= 15 is 0 Å². The van der Waals surface area contributed by atoms with E-state index in [-0.39, 0.29) is 0 Å². The Balaban J connectivity index is 2.09. The maximum atomic E-state index is 6.14. The molecule has 84 valence electrons. The second-order valence-electron chi connectivity index (χ2n) is 4.35. The molecule has 1 saturated heterocycles. The molecular weight excluding hydrogens is 222 g/mol. The first-order chi connectivity index (χ1) is 7.84. The number of piperidine rings is 1. The van der Waals surface area contributed by atoms with Crippen LogP contribution < -0.4 is 5.32 Å². The summed E-state index contributed by atoms with van der Waals surface area (Å²) in [5.41, 5.74) is 2.39. The lowest BCUT2D eigenvalue weighted by molar-refractivity contribution is 0.462. The zero-order valence-electron chi connectivity index (χ0n) is 8.96. The predicted molar refractivity (Wildman–Crippen MR) is 65.9 cm³/mol. The fourth-order valence-corrected chi connectivity index (χ4v) is 2.74. The van der Waals surface area contributed by atoms with E-state index in [0.717, 1.165) is 23.6 Å². The summed E-state index contributed by atoms with van der Waals surface area (Å²) in [5.74, 6) is 0.611. The fourth-order valence-electron chi connectivity index (χ4n) is 2.51. The van der Waals surface area contributed by atoms with Gasteiger partial charge in [0, 0.05) is 10.4 Å². The van der Waals surface area contributed by atoms with Gasteiger partial charge in [0.1, 0.15) is 0 Å². The van der Waals surface area contributed by atoms with Gasteiger partial charge >= 0.3 is 0 Å². The van der Waals surface area contributed by atoms with Crippen LogP contribution in [0.3, 0.4) is 0 Å². The lowest BCUT2D eigenvalue weighted by Crippen LogP contribution is -2.26. The molecule has 0 radical (unpaired) electrons. The Bertz CT molecular complexity index is 500. The summed E-state index contributed by atoms with van der Waals surface area (Å²) in [6.45, 7) is 2.19. The van der Waals surface area contributed by atoms with Crippen LogP contribution in [0.5, 0.6) is 0 Å². The summed E-state index contributed by atoms with van der Waals surface area (Å²) in [4.78, 5) is 0. The van der Waals surface area contributed by atoms with Crippen LogP contribution in [0.4, 0.5) is 0 Å². The lowest BCUT2D eigenvalue weighted by atomic mass is 9.88. The molecule has 0 saturated carbocycles. The Morgan fingerprint density at radius 3 is 2.88 bits per heavy atom. The molecule has 2 heterocycles. The van der Waals surface area contributed by atoms with Crippen molar-refractivity contribution in [2.75, 3.05) is 13.1 Å². The lowest BCUT2D eigenvalue weighted by Gasteiger charge is -2.23. The van der Waals surface area contributed by atoms with Gasteiger partial charge < -0.3 is 5.32 Å². The monoisotopic (exact) mass is 235 g/mol. The largest absolute Gasteiger partial charge is 0.317 e. The van der Waals surface area contributed by atoms with E-state index in [1.54, 1.807) is 0 Å². The summed E-state index contributed by atoms with van der Waals surface area (Å²) < 4.78 is 0. The maximum absolute atomic E-state index is 6.14. The topological polar surface area (TPSA) is 40.7 Å². The third kappa shape index (κ3) is 1.70.